The Hall–Kier alpha value is -2.55. The Kier molecular flexibility index (Phi) is 5.32. The van der Waals surface area contributed by atoms with Gasteiger partial charge in [-0.3, -0.25) is 4.90 Å². The summed E-state index contributed by atoms with van der Waals surface area (Å²) in [6.07, 6.45) is 3.76. The molecule has 0 atom stereocenters. The van der Waals surface area contributed by atoms with E-state index in [-0.39, 0.29) is 0 Å². The fourth-order valence-electron chi connectivity index (χ4n) is 2.39. The summed E-state index contributed by atoms with van der Waals surface area (Å²) >= 11 is 6.01. The molecule has 5 nitrogen and oxygen atoms in total. The molecule has 0 aliphatic rings. The first kappa shape index (κ1) is 16.3. The van der Waals surface area contributed by atoms with Gasteiger partial charge in [0.05, 0.1) is 31.6 Å². The van der Waals surface area contributed by atoms with E-state index in [4.69, 9.17) is 25.7 Å². The minimum Gasteiger partial charge on any atom is -0.468 e. The van der Waals surface area contributed by atoms with E-state index in [1.54, 1.807) is 12.5 Å². The maximum absolute atomic E-state index is 8.83. The number of nitriles is 1. The van der Waals surface area contributed by atoms with Crippen LogP contribution in [0.4, 0.5) is 0 Å². The minimum absolute atomic E-state index is 0.433. The molecule has 6 heteroatoms. The van der Waals surface area contributed by atoms with Crippen LogP contribution in [0.1, 0.15) is 18.1 Å². The lowest BCUT2D eigenvalue weighted by atomic mass is 10.2. The van der Waals surface area contributed by atoms with E-state index < -0.39 is 0 Å². The van der Waals surface area contributed by atoms with Gasteiger partial charge in [-0.05, 0) is 24.3 Å². The molecule has 0 saturated carbocycles. The van der Waals surface area contributed by atoms with Crippen LogP contribution in [0, 0.1) is 11.3 Å². The summed E-state index contributed by atoms with van der Waals surface area (Å²) < 4.78 is 11.2. The molecule has 0 N–H and O–H groups in total. The van der Waals surface area contributed by atoms with Crippen molar-refractivity contribution in [3.8, 4) is 17.4 Å². The van der Waals surface area contributed by atoms with E-state index in [0.29, 0.717) is 42.7 Å². The van der Waals surface area contributed by atoms with Crippen LogP contribution >= 0.6 is 11.6 Å². The van der Waals surface area contributed by atoms with Gasteiger partial charge in [-0.25, -0.2) is 4.98 Å². The molecule has 0 aliphatic heterocycles. The van der Waals surface area contributed by atoms with Crippen molar-refractivity contribution in [2.45, 2.75) is 19.5 Å². The first-order valence-electron chi connectivity index (χ1n) is 7.57. The zero-order valence-electron chi connectivity index (χ0n) is 13.0. The van der Waals surface area contributed by atoms with Crippen molar-refractivity contribution in [3.05, 3.63) is 65.5 Å². The van der Waals surface area contributed by atoms with Crippen molar-refractivity contribution >= 4 is 11.6 Å². The molecular weight excluding hydrogens is 326 g/mol. The first-order valence-corrected chi connectivity index (χ1v) is 7.95. The highest BCUT2D eigenvalue weighted by atomic mass is 35.5. The molecule has 2 heterocycles. The summed E-state index contributed by atoms with van der Waals surface area (Å²) in [5, 5.41) is 9.49. The van der Waals surface area contributed by atoms with Gasteiger partial charge < -0.3 is 8.83 Å². The molecule has 0 spiro atoms. The summed E-state index contributed by atoms with van der Waals surface area (Å²) in [6, 6.07) is 13.4. The van der Waals surface area contributed by atoms with E-state index in [1.165, 1.54) is 0 Å². The van der Waals surface area contributed by atoms with Crippen molar-refractivity contribution in [1.82, 2.24) is 9.88 Å². The Bertz CT molecular complexity index is 821. The summed E-state index contributed by atoms with van der Waals surface area (Å²) in [6.45, 7) is 1.72. The van der Waals surface area contributed by atoms with Crippen molar-refractivity contribution < 1.29 is 8.83 Å². The predicted molar refractivity (Wildman–Crippen MR) is 90.0 cm³/mol. The lowest BCUT2D eigenvalue weighted by Crippen LogP contribution is -2.23. The molecule has 1 aromatic carbocycles. The average molecular weight is 342 g/mol. The standard InChI is InChI=1S/C18H16ClN3O2/c19-15-5-1-4-14(10-15)17-11-21-18(24-17)13-22(8-3-7-20)12-16-6-2-9-23-16/h1-2,4-6,9-11H,3,8,12-13H2. The normalized spacial score (nSPS) is 10.9. The van der Waals surface area contributed by atoms with Crippen LogP contribution < -0.4 is 0 Å². The number of oxazole rings is 1. The topological polar surface area (TPSA) is 66.2 Å². The Morgan fingerprint density at radius 3 is 2.88 bits per heavy atom. The van der Waals surface area contributed by atoms with Gasteiger partial charge in [0.25, 0.3) is 0 Å². The lowest BCUT2D eigenvalue weighted by Gasteiger charge is -2.17. The highest BCUT2D eigenvalue weighted by Gasteiger charge is 2.13. The van der Waals surface area contributed by atoms with Crippen LogP contribution in [0.15, 0.2) is 57.7 Å². The Morgan fingerprint density at radius 2 is 2.12 bits per heavy atom. The van der Waals surface area contributed by atoms with E-state index in [1.807, 2.05) is 36.4 Å². The van der Waals surface area contributed by atoms with E-state index in [0.717, 1.165) is 11.3 Å². The second kappa shape index (κ2) is 7.82. The number of nitrogens with zero attached hydrogens (tertiary/aromatic N) is 3. The zero-order valence-corrected chi connectivity index (χ0v) is 13.7. The van der Waals surface area contributed by atoms with Crippen molar-refractivity contribution in [3.63, 3.8) is 0 Å². The smallest absolute Gasteiger partial charge is 0.209 e. The molecule has 0 radical (unpaired) electrons. The average Bonchev–Trinajstić information content (AvgIpc) is 3.24. The van der Waals surface area contributed by atoms with Gasteiger partial charge in [0.2, 0.25) is 5.89 Å². The quantitative estimate of drug-likeness (QED) is 0.632. The molecule has 122 valence electrons. The molecule has 0 fully saturated rings. The van der Waals surface area contributed by atoms with Gasteiger partial charge >= 0.3 is 0 Å². The van der Waals surface area contributed by atoms with Crippen molar-refractivity contribution in [1.29, 1.82) is 5.26 Å². The molecule has 0 amide bonds. The zero-order chi connectivity index (χ0) is 16.8. The number of hydrogen-bond donors (Lipinski definition) is 0. The van der Waals surface area contributed by atoms with Crippen LogP contribution in [0.2, 0.25) is 5.02 Å². The number of aromatic nitrogens is 1. The van der Waals surface area contributed by atoms with Crippen LogP contribution in [-0.2, 0) is 13.1 Å². The van der Waals surface area contributed by atoms with Gasteiger partial charge in [0.1, 0.15) is 5.76 Å². The Morgan fingerprint density at radius 1 is 1.21 bits per heavy atom. The molecular formula is C18H16ClN3O2. The SMILES string of the molecule is N#CCCN(Cc1ccco1)Cc1ncc(-c2cccc(Cl)c2)o1. The lowest BCUT2D eigenvalue weighted by molar-refractivity contribution is 0.219. The summed E-state index contributed by atoms with van der Waals surface area (Å²) in [5.41, 5.74) is 0.885. The Labute approximate surface area is 145 Å². The Balaban J connectivity index is 1.71. The maximum atomic E-state index is 8.83. The van der Waals surface area contributed by atoms with Crippen LogP contribution in [0.5, 0.6) is 0 Å². The predicted octanol–water partition coefficient (Wildman–Crippen LogP) is 4.50. The second-order valence-electron chi connectivity index (χ2n) is 5.33. The highest BCUT2D eigenvalue weighted by molar-refractivity contribution is 6.30. The summed E-state index contributed by atoms with van der Waals surface area (Å²) in [5.74, 6) is 2.11. The fraction of sp³-hybridized carbons (Fsp3) is 0.222. The number of furan rings is 1. The van der Waals surface area contributed by atoms with Gasteiger partial charge in [-0.15, -0.1) is 0 Å². The highest BCUT2D eigenvalue weighted by Crippen LogP contribution is 2.24. The number of hydrogen-bond acceptors (Lipinski definition) is 5. The monoisotopic (exact) mass is 341 g/mol. The summed E-state index contributed by atoms with van der Waals surface area (Å²) in [7, 11) is 0. The third-order valence-corrected chi connectivity index (χ3v) is 3.76. The number of benzene rings is 1. The fourth-order valence-corrected chi connectivity index (χ4v) is 2.59. The number of halogens is 1. The minimum atomic E-state index is 0.433. The molecule has 3 rings (SSSR count). The maximum Gasteiger partial charge on any atom is 0.209 e. The largest absolute Gasteiger partial charge is 0.468 e. The second-order valence-corrected chi connectivity index (χ2v) is 5.76. The molecule has 2 aromatic heterocycles. The first-order chi connectivity index (χ1) is 11.7. The van der Waals surface area contributed by atoms with Gasteiger partial charge in [-0.2, -0.15) is 5.26 Å². The van der Waals surface area contributed by atoms with Gasteiger partial charge in [0, 0.05) is 23.6 Å². The molecule has 0 saturated heterocycles. The van der Waals surface area contributed by atoms with E-state index in [9.17, 15) is 0 Å². The van der Waals surface area contributed by atoms with E-state index >= 15 is 0 Å². The van der Waals surface area contributed by atoms with Crippen molar-refractivity contribution in [2.75, 3.05) is 6.54 Å². The molecule has 3 aromatic rings. The third kappa shape index (κ3) is 4.25. The van der Waals surface area contributed by atoms with Crippen LogP contribution in [-0.4, -0.2) is 16.4 Å². The molecule has 0 aliphatic carbocycles. The van der Waals surface area contributed by atoms with E-state index in [2.05, 4.69) is 16.0 Å². The number of rotatable bonds is 7. The van der Waals surface area contributed by atoms with Crippen LogP contribution in [0.3, 0.4) is 0 Å². The van der Waals surface area contributed by atoms with Gasteiger partial charge in [0.15, 0.2) is 5.76 Å². The molecule has 24 heavy (non-hydrogen) atoms. The molecule has 0 unspecified atom stereocenters. The summed E-state index contributed by atoms with van der Waals surface area (Å²) in [4.78, 5) is 6.40. The third-order valence-electron chi connectivity index (χ3n) is 3.52. The van der Waals surface area contributed by atoms with Crippen LogP contribution in [0.25, 0.3) is 11.3 Å². The molecule has 0 bridgehead atoms. The van der Waals surface area contributed by atoms with Crippen molar-refractivity contribution in [2.24, 2.45) is 0 Å². The van der Waals surface area contributed by atoms with Gasteiger partial charge in [-0.1, -0.05) is 23.7 Å².